The highest BCUT2D eigenvalue weighted by molar-refractivity contribution is 5.40. The molecule has 96 valence electrons. The first kappa shape index (κ1) is 14.0. The normalized spacial score (nSPS) is 13.2. The van der Waals surface area contributed by atoms with Crippen molar-refractivity contribution in [2.24, 2.45) is 0 Å². The molecule has 0 aliphatic rings. The molecule has 1 rings (SSSR count). The molecule has 1 aromatic carbocycles. The van der Waals surface area contributed by atoms with Crippen molar-refractivity contribution in [1.29, 1.82) is 0 Å². The van der Waals surface area contributed by atoms with E-state index in [1.165, 1.54) is 11.1 Å². The smallest absolute Gasteiger partial charge is 0.122 e. The van der Waals surface area contributed by atoms with Crippen molar-refractivity contribution in [1.82, 2.24) is 0 Å². The van der Waals surface area contributed by atoms with Gasteiger partial charge in [0, 0.05) is 0 Å². The van der Waals surface area contributed by atoms with E-state index in [1.807, 2.05) is 6.07 Å². The Balaban J connectivity index is 2.96. The summed E-state index contributed by atoms with van der Waals surface area (Å²) in [7, 11) is 0. The van der Waals surface area contributed by atoms with Gasteiger partial charge in [0.05, 0.1) is 6.10 Å². The first-order chi connectivity index (χ1) is 7.91. The average Bonchev–Trinajstić information content (AvgIpc) is 2.25. The molecule has 2 nitrogen and oxygen atoms in total. The quantitative estimate of drug-likeness (QED) is 0.844. The number of benzene rings is 1. The van der Waals surface area contributed by atoms with Crippen LogP contribution in [-0.4, -0.2) is 17.8 Å². The van der Waals surface area contributed by atoms with Crippen LogP contribution in [0.1, 0.15) is 57.6 Å². The highest BCUT2D eigenvalue weighted by Gasteiger charge is 2.11. The number of hydrogen-bond acceptors (Lipinski definition) is 2. The third-order valence-electron chi connectivity index (χ3n) is 2.80. The van der Waals surface area contributed by atoms with Crippen molar-refractivity contribution >= 4 is 0 Å². The highest BCUT2D eigenvalue weighted by Crippen LogP contribution is 2.30. The van der Waals surface area contributed by atoms with Crippen LogP contribution in [-0.2, 0) is 0 Å². The van der Waals surface area contributed by atoms with Gasteiger partial charge >= 0.3 is 0 Å². The fraction of sp³-hybridized carbons (Fsp3) is 0.600. The van der Waals surface area contributed by atoms with Crippen LogP contribution < -0.4 is 4.74 Å². The summed E-state index contributed by atoms with van der Waals surface area (Å²) in [5.74, 6) is 1.85. The summed E-state index contributed by atoms with van der Waals surface area (Å²) in [5, 5.41) is 9.26. The first-order valence-electron chi connectivity index (χ1n) is 6.36. The summed E-state index contributed by atoms with van der Waals surface area (Å²) >= 11 is 0. The van der Waals surface area contributed by atoms with E-state index in [0.717, 1.165) is 5.75 Å². The summed E-state index contributed by atoms with van der Waals surface area (Å²) < 4.78 is 5.64. The van der Waals surface area contributed by atoms with E-state index in [-0.39, 0.29) is 0 Å². The van der Waals surface area contributed by atoms with Crippen LogP contribution in [0, 0.1) is 0 Å². The van der Waals surface area contributed by atoms with Crippen molar-refractivity contribution in [3.8, 4) is 5.75 Å². The van der Waals surface area contributed by atoms with Gasteiger partial charge in [-0.15, -0.1) is 0 Å². The third kappa shape index (κ3) is 4.04. The Morgan fingerprint density at radius 1 is 1.06 bits per heavy atom. The molecule has 0 saturated heterocycles. The Labute approximate surface area is 105 Å². The SMILES string of the molecule is CC(O)COc1ccc(C(C)C)cc1C(C)C. The Morgan fingerprint density at radius 2 is 1.71 bits per heavy atom. The summed E-state index contributed by atoms with van der Waals surface area (Å²) in [6.45, 7) is 10.8. The van der Waals surface area contributed by atoms with E-state index < -0.39 is 6.10 Å². The molecule has 2 heteroatoms. The maximum absolute atomic E-state index is 9.26. The van der Waals surface area contributed by atoms with E-state index in [4.69, 9.17) is 4.74 Å². The maximum atomic E-state index is 9.26. The minimum atomic E-state index is -0.431. The fourth-order valence-electron chi connectivity index (χ4n) is 1.72. The van der Waals surface area contributed by atoms with Crippen LogP contribution in [0.2, 0.25) is 0 Å². The molecule has 0 radical (unpaired) electrons. The molecule has 1 aromatic rings. The highest BCUT2D eigenvalue weighted by atomic mass is 16.5. The first-order valence-corrected chi connectivity index (χ1v) is 6.36. The summed E-state index contributed by atoms with van der Waals surface area (Å²) in [4.78, 5) is 0. The van der Waals surface area contributed by atoms with E-state index in [9.17, 15) is 5.11 Å². The molecule has 0 spiro atoms. The number of ether oxygens (including phenoxy) is 1. The second-order valence-corrected chi connectivity index (χ2v) is 5.27. The van der Waals surface area contributed by atoms with E-state index in [1.54, 1.807) is 6.92 Å². The zero-order valence-electron chi connectivity index (χ0n) is 11.5. The Bertz CT molecular complexity index is 354. The van der Waals surface area contributed by atoms with Crippen molar-refractivity contribution in [2.45, 2.75) is 52.6 Å². The van der Waals surface area contributed by atoms with Crippen LogP contribution in [0.4, 0.5) is 0 Å². The predicted molar refractivity (Wildman–Crippen MR) is 71.8 cm³/mol. The van der Waals surface area contributed by atoms with Crippen LogP contribution in [0.15, 0.2) is 18.2 Å². The largest absolute Gasteiger partial charge is 0.491 e. The van der Waals surface area contributed by atoms with Crippen molar-refractivity contribution in [2.75, 3.05) is 6.61 Å². The lowest BCUT2D eigenvalue weighted by molar-refractivity contribution is 0.122. The van der Waals surface area contributed by atoms with Gasteiger partial charge in [0.2, 0.25) is 0 Å². The molecule has 17 heavy (non-hydrogen) atoms. The van der Waals surface area contributed by atoms with Gasteiger partial charge in [0.1, 0.15) is 12.4 Å². The molecule has 0 saturated carbocycles. The molecule has 1 N–H and O–H groups in total. The molecule has 0 bridgehead atoms. The number of aliphatic hydroxyl groups excluding tert-OH is 1. The maximum Gasteiger partial charge on any atom is 0.122 e. The molecule has 0 aliphatic heterocycles. The van der Waals surface area contributed by atoms with Crippen LogP contribution in [0.5, 0.6) is 5.75 Å². The second-order valence-electron chi connectivity index (χ2n) is 5.27. The lowest BCUT2D eigenvalue weighted by Crippen LogP contribution is -2.14. The Kier molecular flexibility index (Phi) is 5.01. The average molecular weight is 236 g/mol. The fourth-order valence-corrected chi connectivity index (χ4v) is 1.72. The van der Waals surface area contributed by atoms with Crippen molar-refractivity contribution in [3.05, 3.63) is 29.3 Å². The second kappa shape index (κ2) is 6.06. The summed E-state index contributed by atoms with van der Waals surface area (Å²) in [6, 6.07) is 6.34. The molecule has 0 aliphatic carbocycles. The Morgan fingerprint density at radius 3 is 2.18 bits per heavy atom. The molecular formula is C15H24O2. The molecule has 1 unspecified atom stereocenters. The van der Waals surface area contributed by atoms with Crippen LogP contribution in [0.3, 0.4) is 0 Å². The lowest BCUT2D eigenvalue weighted by Gasteiger charge is -2.17. The molecular weight excluding hydrogens is 212 g/mol. The predicted octanol–water partition coefficient (Wildman–Crippen LogP) is 3.69. The van der Waals surface area contributed by atoms with Crippen LogP contribution in [0.25, 0.3) is 0 Å². The molecule has 0 aromatic heterocycles. The van der Waals surface area contributed by atoms with E-state index in [2.05, 4.69) is 39.8 Å². The van der Waals surface area contributed by atoms with Gasteiger partial charge in [-0.25, -0.2) is 0 Å². The van der Waals surface area contributed by atoms with Crippen molar-refractivity contribution in [3.63, 3.8) is 0 Å². The topological polar surface area (TPSA) is 29.5 Å². The van der Waals surface area contributed by atoms with Crippen LogP contribution >= 0.6 is 0 Å². The lowest BCUT2D eigenvalue weighted by atomic mass is 9.95. The summed E-state index contributed by atoms with van der Waals surface area (Å²) in [5.41, 5.74) is 2.55. The Hall–Kier alpha value is -1.02. The van der Waals surface area contributed by atoms with Gasteiger partial charge in [0.15, 0.2) is 0 Å². The standard InChI is InChI=1S/C15H24O2/c1-10(2)13-6-7-15(17-9-12(5)16)14(8-13)11(3)4/h6-8,10-12,16H,9H2,1-5H3. The van der Waals surface area contributed by atoms with E-state index in [0.29, 0.717) is 18.4 Å². The zero-order chi connectivity index (χ0) is 13.0. The molecule has 0 heterocycles. The molecule has 0 fully saturated rings. The van der Waals surface area contributed by atoms with Gasteiger partial charge in [-0.05, 0) is 36.0 Å². The van der Waals surface area contributed by atoms with Gasteiger partial charge < -0.3 is 9.84 Å². The van der Waals surface area contributed by atoms with Gasteiger partial charge in [-0.1, -0.05) is 39.8 Å². The minimum absolute atomic E-state index is 0.348. The summed E-state index contributed by atoms with van der Waals surface area (Å²) in [6.07, 6.45) is -0.431. The minimum Gasteiger partial charge on any atom is -0.491 e. The number of hydrogen-bond donors (Lipinski definition) is 1. The zero-order valence-corrected chi connectivity index (χ0v) is 11.5. The van der Waals surface area contributed by atoms with Gasteiger partial charge in [-0.2, -0.15) is 0 Å². The number of rotatable bonds is 5. The molecule has 0 amide bonds. The third-order valence-corrected chi connectivity index (χ3v) is 2.80. The van der Waals surface area contributed by atoms with Gasteiger partial charge in [0.25, 0.3) is 0 Å². The van der Waals surface area contributed by atoms with E-state index >= 15 is 0 Å². The van der Waals surface area contributed by atoms with Gasteiger partial charge in [-0.3, -0.25) is 0 Å². The molecule has 1 atom stereocenters. The monoisotopic (exact) mass is 236 g/mol. The number of aliphatic hydroxyl groups is 1. The van der Waals surface area contributed by atoms with Crippen molar-refractivity contribution < 1.29 is 9.84 Å².